The normalized spacial score (nSPS) is 11.4. The fraction of sp³-hybridized carbons (Fsp3) is 0.0435. The van der Waals surface area contributed by atoms with E-state index in [1.54, 1.807) is 18.9 Å². The minimum absolute atomic E-state index is 0.851. The summed E-state index contributed by atoms with van der Waals surface area (Å²) in [5, 5.41) is 4.65. The SMILES string of the molecule is COc1ccc2c(Sc3ccccc3)c3c(cc2c1)oc1ccccc13. The van der Waals surface area contributed by atoms with E-state index < -0.39 is 0 Å². The van der Waals surface area contributed by atoms with E-state index in [0.717, 1.165) is 27.7 Å². The third-order valence-corrected chi connectivity index (χ3v) is 5.74. The van der Waals surface area contributed by atoms with Gasteiger partial charge < -0.3 is 9.15 Å². The molecule has 0 unspecified atom stereocenters. The Morgan fingerprint density at radius 2 is 1.58 bits per heavy atom. The quantitative estimate of drug-likeness (QED) is 0.351. The van der Waals surface area contributed by atoms with Gasteiger partial charge in [0, 0.05) is 20.6 Å². The molecule has 0 aliphatic carbocycles. The summed E-state index contributed by atoms with van der Waals surface area (Å²) in [7, 11) is 1.69. The van der Waals surface area contributed by atoms with E-state index >= 15 is 0 Å². The van der Waals surface area contributed by atoms with E-state index in [9.17, 15) is 0 Å². The molecule has 1 aromatic heterocycles. The summed E-state index contributed by atoms with van der Waals surface area (Å²) in [6.45, 7) is 0. The van der Waals surface area contributed by atoms with Gasteiger partial charge in [0.25, 0.3) is 0 Å². The maximum absolute atomic E-state index is 6.16. The fourth-order valence-electron chi connectivity index (χ4n) is 3.38. The fourth-order valence-corrected chi connectivity index (χ4v) is 4.52. The van der Waals surface area contributed by atoms with Crippen molar-refractivity contribution in [3.63, 3.8) is 0 Å². The minimum atomic E-state index is 0.851. The highest BCUT2D eigenvalue weighted by Crippen LogP contribution is 2.44. The van der Waals surface area contributed by atoms with Crippen LogP contribution in [0.5, 0.6) is 5.75 Å². The number of hydrogen-bond acceptors (Lipinski definition) is 3. The van der Waals surface area contributed by atoms with E-state index in [4.69, 9.17) is 9.15 Å². The molecule has 0 saturated carbocycles. The first kappa shape index (κ1) is 15.4. The van der Waals surface area contributed by atoms with Crippen molar-refractivity contribution in [1.29, 1.82) is 0 Å². The van der Waals surface area contributed by atoms with Crippen LogP contribution < -0.4 is 4.74 Å². The topological polar surface area (TPSA) is 22.4 Å². The molecule has 0 fully saturated rings. The Morgan fingerprint density at radius 1 is 0.769 bits per heavy atom. The predicted molar refractivity (Wildman–Crippen MR) is 108 cm³/mol. The summed E-state index contributed by atoms with van der Waals surface area (Å²) in [4.78, 5) is 2.43. The van der Waals surface area contributed by atoms with Crippen molar-refractivity contribution >= 4 is 44.5 Å². The lowest BCUT2D eigenvalue weighted by atomic mass is 10.1. The second-order valence-electron chi connectivity index (χ2n) is 6.18. The molecule has 26 heavy (non-hydrogen) atoms. The summed E-state index contributed by atoms with van der Waals surface area (Å²) in [6.07, 6.45) is 0. The standard InChI is InChI=1S/C23H16O2S/c1-24-16-11-12-18-15(13-16)14-21-22(19-9-5-6-10-20(19)25-21)23(18)26-17-7-3-2-4-8-17/h2-14H,1H3. The Bertz CT molecular complexity index is 1240. The Hall–Kier alpha value is -2.91. The summed E-state index contributed by atoms with van der Waals surface area (Å²) >= 11 is 1.78. The monoisotopic (exact) mass is 356 g/mol. The Balaban J connectivity index is 1.89. The number of hydrogen-bond donors (Lipinski definition) is 0. The number of ether oxygens (including phenoxy) is 1. The van der Waals surface area contributed by atoms with Crippen molar-refractivity contribution in [3.05, 3.63) is 78.9 Å². The first-order valence-electron chi connectivity index (χ1n) is 8.48. The summed E-state index contributed by atoms with van der Waals surface area (Å²) < 4.78 is 11.6. The lowest BCUT2D eigenvalue weighted by Crippen LogP contribution is -1.85. The van der Waals surface area contributed by atoms with Crippen LogP contribution >= 0.6 is 11.8 Å². The average molecular weight is 356 g/mol. The number of methoxy groups -OCH3 is 1. The van der Waals surface area contributed by atoms with Crippen LogP contribution in [-0.2, 0) is 0 Å². The molecule has 5 aromatic rings. The van der Waals surface area contributed by atoms with Gasteiger partial charge in [-0.25, -0.2) is 0 Å². The average Bonchev–Trinajstić information content (AvgIpc) is 3.06. The molecule has 4 aromatic carbocycles. The number of rotatable bonds is 3. The van der Waals surface area contributed by atoms with Gasteiger partial charge >= 0.3 is 0 Å². The molecule has 0 amide bonds. The molecule has 0 saturated heterocycles. The highest BCUT2D eigenvalue weighted by atomic mass is 32.2. The molecule has 3 heteroatoms. The Morgan fingerprint density at radius 3 is 2.42 bits per heavy atom. The third-order valence-electron chi connectivity index (χ3n) is 4.60. The van der Waals surface area contributed by atoms with E-state index in [-0.39, 0.29) is 0 Å². The molecule has 0 N–H and O–H groups in total. The van der Waals surface area contributed by atoms with Gasteiger partial charge in [0.1, 0.15) is 16.9 Å². The van der Waals surface area contributed by atoms with Gasteiger partial charge in [0.2, 0.25) is 0 Å². The summed E-state index contributed by atoms with van der Waals surface area (Å²) in [5.74, 6) is 0.851. The molecule has 126 valence electrons. The van der Waals surface area contributed by atoms with Crippen molar-refractivity contribution < 1.29 is 9.15 Å². The molecule has 0 bridgehead atoms. The van der Waals surface area contributed by atoms with Crippen molar-refractivity contribution in [3.8, 4) is 5.75 Å². The van der Waals surface area contributed by atoms with E-state index in [1.807, 2.05) is 24.3 Å². The van der Waals surface area contributed by atoms with Crippen molar-refractivity contribution in [2.45, 2.75) is 9.79 Å². The Labute approximate surface area is 155 Å². The number of para-hydroxylation sites is 1. The molecule has 0 radical (unpaired) electrons. The molecular weight excluding hydrogens is 340 g/mol. The molecule has 0 spiro atoms. The Kier molecular flexibility index (Phi) is 3.61. The summed E-state index contributed by atoms with van der Waals surface area (Å²) in [5.41, 5.74) is 1.82. The van der Waals surface area contributed by atoms with E-state index in [2.05, 4.69) is 54.6 Å². The van der Waals surface area contributed by atoms with Gasteiger partial charge in [-0.2, -0.15) is 0 Å². The second-order valence-corrected chi connectivity index (χ2v) is 7.26. The molecule has 2 nitrogen and oxygen atoms in total. The van der Waals surface area contributed by atoms with Crippen LogP contribution in [0.2, 0.25) is 0 Å². The predicted octanol–water partition coefficient (Wildman–Crippen LogP) is 6.90. The maximum Gasteiger partial charge on any atom is 0.137 e. The van der Waals surface area contributed by atoms with Gasteiger partial charge in [-0.05, 0) is 53.2 Å². The molecular formula is C23H16O2S. The van der Waals surface area contributed by atoms with Crippen LogP contribution in [0.4, 0.5) is 0 Å². The van der Waals surface area contributed by atoms with Crippen LogP contribution in [0.15, 0.2) is 93.1 Å². The largest absolute Gasteiger partial charge is 0.497 e. The van der Waals surface area contributed by atoms with Crippen LogP contribution in [0.1, 0.15) is 0 Å². The van der Waals surface area contributed by atoms with Crippen LogP contribution in [0, 0.1) is 0 Å². The second kappa shape index (κ2) is 6.11. The molecule has 0 aliphatic heterocycles. The van der Waals surface area contributed by atoms with E-state index in [1.165, 1.54) is 20.6 Å². The number of benzene rings is 4. The minimum Gasteiger partial charge on any atom is -0.497 e. The molecule has 1 heterocycles. The zero-order chi connectivity index (χ0) is 17.5. The first-order valence-corrected chi connectivity index (χ1v) is 9.30. The van der Waals surface area contributed by atoms with Crippen LogP contribution in [-0.4, -0.2) is 7.11 Å². The van der Waals surface area contributed by atoms with Crippen LogP contribution in [0.25, 0.3) is 32.7 Å². The lowest BCUT2D eigenvalue weighted by Gasteiger charge is -2.10. The van der Waals surface area contributed by atoms with Crippen molar-refractivity contribution in [1.82, 2.24) is 0 Å². The molecule has 0 atom stereocenters. The van der Waals surface area contributed by atoms with Gasteiger partial charge in [0.05, 0.1) is 7.11 Å². The smallest absolute Gasteiger partial charge is 0.137 e. The van der Waals surface area contributed by atoms with Gasteiger partial charge in [0.15, 0.2) is 0 Å². The van der Waals surface area contributed by atoms with Crippen molar-refractivity contribution in [2.24, 2.45) is 0 Å². The van der Waals surface area contributed by atoms with Crippen molar-refractivity contribution in [2.75, 3.05) is 7.11 Å². The zero-order valence-corrected chi connectivity index (χ0v) is 15.0. The zero-order valence-electron chi connectivity index (χ0n) is 14.2. The number of fused-ring (bicyclic) bond motifs is 4. The molecule has 5 rings (SSSR count). The highest BCUT2D eigenvalue weighted by Gasteiger charge is 2.16. The first-order chi connectivity index (χ1) is 12.8. The third kappa shape index (κ3) is 2.44. The van der Waals surface area contributed by atoms with Gasteiger partial charge in [-0.1, -0.05) is 48.2 Å². The maximum atomic E-state index is 6.16. The van der Waals surface area contributed by atoms with Gasteiger partial charge in [-0.15, -0.1) is 0 Å². The molecule has 0 aliphatic rings. The highest BCUT2D eigenvalue weighted by molar-refractivity contribution is 7.99. The van der Waals surface area contributed by atoms with E-state index in [0.29, 0.717) is 0 Å². The lowest BCUT2D eigenvalue weighted by molar-refractivity contribution is 0.415. The number of furan rings is 1. The van der Waals surface area contributed by atoms with Gasteiger partial charge in [-0.3, -0.25) is 0 Å². The van der Waals surface area contributed by atoms with Crippen LogP contribution in [0.3, 0.4) is 0 Å². The summed E-state index contributed by atoms with van der Waals surface area (Å²) in [6, 6.07) is 27.0.